The Hall–Kier alpha value is -0.940. The Labute approximate surface area is 128 Å². The molecular weight excluding hydrogens is 323 g/mol. The number of hydrogen-bond acceptors (Lipinski definition) is 2. The van der Waals surface area contributed by atoms with E-state index >= 15 is 0 Å². The molecule has 0 spiro atoms. The van der Waals surface area contributed by atoms with Crippen LogP contribution in [0.3, 0.4) is 0 Å². The van der Waals surface area contributed by atoms with Gasteiger partial charge in [0.2, 0.25) is 5.91 Å². The van der Waals surface area contributed by atoms with E-state index in [2.05, 4.69) is 15.9 Å². The van der Waals surface area contributed by atoms with Crippen LogP contribution in [-0.4, -0.2) is 23.4 Å². The molecule has 0 saturated heterocycles. The lowest BCUT2D eigenvalue weighted by Crippen LogP contribution is -2.44. The summed E-state index contributed by atoms with van der Waals surface area (Å²) < 4.78 is 14.5. The highest BCUT2D eigenvalue weighted by Gasteiger charge is 2.21. The second-order valence-electron chi connectivity index (χ2n) is 5.32. The fourth-order valence-corrected chi connectivity index (χ4v) is 2.47. The number of hydrogen-bond donors (Lipinski definition) is 1. The van der Waals surface area contributed by atoms with Gasteiger partial charge in [0.05, 0.1) is 6.04 Å². The van der Waals surface area contributed by atoms with E-state index in [0.29, 0.717) is 24.4 Å². The Bertz CT molecular complexity index is 465. The van der Waals surface area contributed by atoms with Crippen molar-refractivity contribution in [1.82, 2.24) is 4.90 Å². The first kappa shape index (κ1) is 17.1. The van der Waals surface area contributed by atoms with Gasteiger partial charge < -0.3 is 10.6 Å². The number of nitrogens with two attached hydrogens (primary N) is 1. The molecule has 1 aromatic rings. The van der Waals surface area contributed by atoms with Crippen LogP contribution in [0, 0.1) is 11.7 Å². The van der Waals surface area contributed by atoms with Gasteiger partial charge in [0.1, 0.15) is 5.82 Å². The molecule has 0 aliphatic heterocycles. The van der Waals surface area contributed by atoms with Crippen LogP contribution in [0.4, 0.5) is 4.39 Å². The Balaban J connectivity index is 2.81. The standard InChI is InChI=1S/C15H22BrFN2O/c1-4-19(15(20)14(18)7-10(2)3)9-11-8-12(16)5-6-13(11)17/h5-6,8,10,14H,4,7,9,18H2,1-3H3/t14-/m0/s1. The fraction of sp³-hybridized carbons (Fsp3) is 0.533. The third-order valence-electron chi connectivity index (χ3n) is 3.10. The van der Waals surface area contributed by atoms with E-state index < -0.39 is 6.04 Å². The van der Waals surface area contributed by atoms with Gasteiger partial charge in [-0.15, -0.1) is 0 Å². The zero-order valence-corrected chi connectivity index (χ0v) is 13.8. The molecule has 3 nitrogen and oxygen atoms in total. The second-order valence-corrected chi connectivity index (χ2v) is 6.24. The van der Waals surface area contributed by atoms with Crippen molar-refractivity contribution in [2.24, 2.45) is 11.7 Å². The van der Waals surface area contributed by atoms with Crippen molar-refractivity contribution in [2.75, 3.05) is 6.54 Å². The lowest BCUT2D eigenvalue weighted by molar-refractivity contribution is -0.133. The predicted octanol–water partition coefficient (Wildman–Crippen LogP) is 3.31. The van der Waals surface area contributed by atoms with Crippen LogP contribution in [0.5, 0.6) is 0 Å². The predicted molar refractivity (Wildman–Crippen MR) is 82.6 cm³/mol. The van der Waals surface area contributed by atoms with Gasteiger partial charge in [-0.3, -0.25) is 4.79 Å². The number of likely N-dealkylation sites (N-methyl/N-ethyl adjacent to an activating group) is 1. The first-order valence-corrected chi connectivity index (χ1v) is 7.62. The van der Waals surface area contributed by atoms with Crippen LogP contribution in [0.2, 0.25) is 0 Å². The van der Waals surface area contributed by atoms with Crippen molar-refractivity contribution >= 4 is 21.8 Å². The molecule has 1 aromatic carbocycles. The SMILES string of the molecule is CCN(Cc1cc(Br)ccc1F)C(=O)[C@@H](N)CC(C)C. The fourth-order valence-electron chi connectivity index (χ4n) is 2.06. The Morgan fingerprint density at radius 2 is 2.10 bits per heavy atom. The molecule has 0 radical (unpaired) electrons. The Kier molecular flexibility index (Phi) is 6.62. The lowest BCUT2D eigenvalue weighted by atomic mass is 10.0. The Morgan fingerprint density at radius 3 is 2.65 bits per heavy atom. The van der Waals surface area contributed by atoms with E-state index in [9.17, 15) is 9.18 Å². The molecule has 0 fully saturated rings. The molecular formula is C15H22BrFN2O. The maximum Gasteiger partial charge on any atom is 0.239 e. The van der Waals surface area contributed by atoms with Crippen molar-refractivity contribution in [3.63, 3.8) is 0 Å². The molecule has 5 heteroatoms. The van der Waals surface area contributed by atoms with E-state index in [-0.39, 0.29) is 18.3 Å². The maximum atomic E-state index is 13.8. The van der Waals surface area contributed by atoms with Crippen molar-refractivity contribution in [3.05, 3.63) is 34.1 Å². The number of nitrogens with zero attached hydrogens (tertiary/aromatic N) is 1. The largest absolute Gasteiger partial charge is 0.337 e. The van der Waals surface area contributed by atoms with Crippen molar-refractivity contribution in [3.8, 4) is 0 Å². The van der Waals surface area contributed by atoms with Gasteiger partial charge in [0, 0.05) is 23.1 Å². The van der Waals surface area contributed by atoms with Gasteiger partial charge in [-0.1, -0.05) is 29.8 Å². The molecule has 20 heavy (non-hydrogen) atoms. The first-order chi connectivity index (χ1) is 9.35. The summed E-state index contributed by atoms with van der Waals surface area (Å²) in [6.45, 7) is 6.67. The lowest BCUT2D eigenvalue weighted by Gasteiger charge is -2.25. The zero-order chi connectivity index (χ0) is 15.3. The maximum absolute atomic E-state index is 13.8. The number of carbonyl (C=O) groups is 1. The first-order valence-electron chi connectivity index (χ1n) is 6.83. The summed E-state index contributed by atoms with van der Waals surface area (Å²) in [6, 6.07) is 4.21. The zero-order valence-electron chi connectivity index (χ0n) is 12.2. The van der Waals surface area contributed by atoms with Crippen LogP contribution in [0.15, 0.2) is 22.7 Å². The topological polar surface area (TPSA) is 46.3 Å². The summed E-state index contributed by atoms with van der Waals surface area (Å²) in [4.78, 5) is 13.9. The molecule has 0 aliphatic rings. The molecule has 112 valence electrons. The van der Waals surface area contributed by atoms with Gasteiger partial charge in [0.25, 0.3) is 0 Å². The van der Waals surface area contributed by atoms with Gasteiger partial charge >= 0.3 is 0 Å². The summed E-state index contributed by atoms with van der Waals surface area (Å²) in [5, 5.41) is 0. The van der Waals surface area contributed by atoms with Gasteiger partial charge in [-0.25, -0.2) is 4.39 Å². The second kappa shape index (κ2) is 7.74. The number of carbonyl (C=O) groups excluding carboxylic acids is 1. The van der Waals surface area contributed by atoms with Crippen LogP contribution in [-0.2, 0) is 11.3 Å². The summed E-state index contributed by atoms with van der Waals surface area (Å²) in [5.74, 6) is -0.0762. The van der Waals surface area contributed by atoms with Crippen molar-refractivity contribution < 1.29 is 9.18 Å². The number of halogens is 2. The van der Waals surface area contributed by atoms with E-state index in [1.807, 2.05) is 20.8 Å². The van der Waals surface area contributed by atoms with Gasteiger partial charge in [-0.05, 0) is 37.5 Å². The van der Waals surface area contributed by atoms with Crippen LogP contribution in [0.25, 0.3) is 0 Å². The molecule has 0 saturated carbocycles. The highest BCUT2D eigenvalue weighted by atomic mass is 79.9. The molecule has 2 N–H and O–H groups in total. The van der Waals surface area contributed by atoms with E-state index in [1.165, 1.54) is 6.07 Å². The highest BCUT2D eigenvalue weighted by molar-refractivity contribution is 9.10. The van der Waals surface area contributed by atoms with Gasteiger partial charge in [-0.2, -0.15) is 0 Å². The molecule has 0 aromatic heterocycles. The highest BCUT2D eigenvalue weighted by Crippen LogP contribution is 2.18. The summed E-state index contributed by atoms with van der Waals surface area (Å²) in [6.07, 6.45) is 0.635. The molecule has 0 unspecified atom stereocenters. The van der Waals surface area contributed by atoms with Crippen LogP contribution >= 0.6 is 15.9 Å². The van der Waals surface area contributed by atoms with E-state index in [1.54, 1.807) is 17.0 Å². The molecule has 0 aliphatic carbocycles. The average Bonchev–Trinajstić information content (AvgIpc) is 2.38. The summed E-state index contributed by atoms with van der Waals surface area (Å²) in [5.41, 5.74) is 6.41. The van der Waals surface area contributed by atoms with E-state index in [4.69, 9.17) is 5.73 Å². The summed E-state index contributed by atoms with van der Waals surface area (Å²) in [7, 11) is 0. The molecule has 0 bridgehead atoms. The monoisotopic (exact) mass is 344 g/mol. The van der Waals surface area contributed by atoms with Crippen LogP contribution < -0.4 is 5.73 Å². The third kappa shape index (κ3) is 4.87. The van der Waals surface area contributed by atoms with E-state index in [0.717, 1.165) is 4.47 Å². The minimum atomic E-state index is -0.523. The normalized spacial score (nSPS) is 12.6. The number of benzene rings is 1. The summed E-state index contributed by atoms with van der Waals surface area (Å²) >= 11 is 3.31. The minimum Gasteiger partial charge on any atom is -0.337 e. The van der Waals surface area contributed by atoms with Crippen LogP contribution in [0.1, 0.15) is 32.8 Å². The third-order valence-corrected chi connectivity index (χ3v) is 3.60. The molecule has 0 heterocycles. The van der Waals surface area contributed by atoms with Gasteiger partial charge in [0.15, 0.2) is 0 Å². The molecule has 1 amide bonds. The Morgan fingerprint density at radius 1 is 1.45 bits per heavy atom. The smallest absolute Gasteiger partial charge is 0.239 e. The van der Waals surface area contributed by atoms with Crippen molar-refractivity contribution in [1.29, 1.82) is 0 Å². The molecule has 1 rings (SSSR count). The molecule has 1 atom stereocenters. The quantitative estimate of drug-likeness (QED) is 0.860. The average molecular weight is 345 g/mol. The number of amides is 1. The minimum absolute atomic E-state index is 0.124. The number of rotatable bonds is 6. The van der Waals surface area contributed by atoms with Crippen molar-refractivity contribution in [2.45, 2.75) is 39.8 Å².